The molecule has 0 saturated carbocycles. The van der Waals surface area contributed by atoms with Gasteiger partial charge in [-0.15, -0.1) is 0 Å². The van der Waals surface area contributed by atoms with Crippen LogP contribution in [-0.4, -0.2) is 57.0 Å². The number of carbonyl (C=O) groups excluding carboxylic acids is 2. The Hall–Kier alpha value is -2.36. The molecule has 1 aromatic heterocycles. The quantitative estimate of drug-likeness (QED) is 0.297. The van der Waals surface area contributed by atoms with Crippen LogP contribution in [-0.2, 0) is 19.1 Å². The first-order chi connectivity index (χ1) is 18.1. The van der Waals surface area contributed by atoms with Crippen LogP contribution in [0, 0.1) is 24.2 Å². The van der Waals surface area contributed by atoms with Crippen LogP contribution in [0.25, 0.3) is 6.08 Å². The number of esters is 1. The van der Waals surface area contributed by atoms with Crippen molar-refractivity contribution in [2.24, 2.45) is 17.3 Å². The molecule has 218 valence electrons. The summed E-state index contributed by atoms with van der Waals surface area (Å²) in [4.78, 5) is 30.8. The highest BCUT2D eigenvalue weighted by Gasteiger charge is 2.53. The van der Waals surface area contributed by atoms with E-state index in [1.54, 1.807) is 20.8 Å². The monoisotopic (exact) mass is 549 g/mol. The SMILES string of the molecule is CC(C)=CCC1C(=O)C(C)(C)C(O)CC(=O)OC(C(F)=Cc2coc(C)n2)CC2OC2(C)CCCC(C)C1O. The van der Waals surface area contributed by atoms with Crippen molar-refractivity contribution >= 4 is 17.8 Å². The summed E-state index contributed by atoms with van der Waals surface area (Å²) in [5.41, 5.74) is -0.578. The molecule has 2 N–H and O–H groups in total. The maximum Gasteiger partial charge on any atom is 0.309 e. The summed E-state index contributed by atoms with van der Waals surface area (Å²) in [5.74, 6) is -2.41. The predicted molar refractivity (Wildman–Crippen MR) is 144 cm³/mol. The Bertz CT molecular complexity index is 1090. The summed E-state index contributed by atoms with van der Waals surface area (Å²) in [5, 5.41) is 22.3. The smallest absolute Gasteiger partial charge is 0.309 e. The summed E-state index contributed by atoms with van der Waals surface area (Å²) in [7, 11) is 0. The topological polar surface area (TPSA) is 122 Å². The van der Waals surface area contributed by atoms with Crippen molar-refractivity contribution in [3.8, 4) is 0 Å². The number of ether oxygens (including phenoxy) is 2. The Morgan fingerprint density at radius 1 is 1.23 bits per heavy atom. The molecule has 3 rings (SSSR count). The first-order valence-electron chi connectivity index (χ1n) is 13.8. The van der Waals surface area contributed by atoms with Crippen LogP contribution >= 0.6 is 0 Å². The molecule has 2 aliphatic heterocycles. The molecular weight excluding hydrogens is 505 g/mol. The third-order valence-corrected chi connectivity index (χ3v) is 8.24. The standard InChI is InChI=1S/C30H44FNO7/c1-17(2)10-11-21-27(35)18(3)9-8-12-30(7)25(39-30)14-23(22(31)13-20-16-37-19(4)32-20)38-26(34)15-24(33)29(5,6)28(21)36/h10,13,16,18,21,23-25,27,33,35H,8-9,11-12,14-15H2,1-7H3. The van der Waals surface area contributed by atoms with E-state index in [0.29, 0.717) is 25.2 Å². The van der Waals surface area contributed by atoms with E-state index < -0.39 is 53.5 Å². The van der Waals surface area contributed by atoms with Crippen molar-refractivity contribution in [3.05, 3.63) is 35.3 Å². The Morgan fingerprint density at radius 3 is 2.54 bits per heavy atom. The fraction of sp³-hybridized carbons (Fsp3) is 0.700. The van der Waals surface area contributed by atoms with Crippen LogP contribution in [0.2, 0.25) is 0 Å². The number of hydrogen-bond donors (Lipinski definition) is 2. The molecule has 8 nitrogen and oxygen atoms in total. The highest BCUT2D eigenvalue weighted by Crippen LogP contribution is 2.45. The van der Waals surface area contributed by atoms with E-state index in [1.807, 2.05) is 33.8 Å². The van der Waals surface area contributed by atoms with E-state index in [9.17, 15) is 19.8 Å². The molecule has 0 bridgehead atoms. The average molecular weight is 550 g/mol. The van der Waals surface area contributed by atoms with Crippen LogP contribution in [0.15, 0.2) is 28.2 Å². The van der Waals surface area contributed by atoms with Crippen molar-refractivity contribution in [1.29, 1.82) is 0 Å². The second-order valence-corrected chi connectivity index (χ2v) is 12.2. The summed E-state index contributed by atoms with van der Waals surface area (Å²) in [6.45, 7) is 12.5. The fourth-order valence-corrected chi connectivity index (χ4v) is 5.27. The van der Waals surface area contributed by atoms with Crippen molar-refractivity contribution in [2.75, 3.05) is 0 Å². The number of aliphatic hydroxyl groups excluding tert-OH is 2. The van der Waals surface area contributed by atoms with Gasteiger partial charge in [0.1, 0.15) is 23.6 Å². The number of nitrogens with zero attached hydrogens (tertiary/aromatic N) is 1. The minimum Gasteiger partial charge on any atom is -0.455 e. The molecule has 9 heteroatoms. The maximum atomic E-state index is 15.4. The lowest BCUT2D eigenvalue weighted by atomic mass is 9.71. The molecule has 7 unspecified atom stereocenters. The average Bonchev–Trinajstić information content (AvgIpc) is 3.29. The molecule has 7 atom stereocenters. The number of rotatable bonds is 4. The van der Waals surface area contributed by atoms with Crippen LogP contribution in [0.1, 0.15) is 91.7 Å². The van der Waals surface area contributed by atoms with E-state index >= 15 is 4.39 Å². The molecular formula is C30H44FNO7. The normalized spacial score (nSPS) is 34.7. The van der Waals surface area contributed by atoms with Crippen LogP contribution in [0.3, 0.4) is 0 Å². The third kappa shape index (κ3) is 7.86. The second-order valence-electron chi connectivity index (χ2n) is 12.2. The van der Waals surface area contributed by atoms with Crippen LogP contribution < -0.4 is 0 Å². The van der Waals surface area contributed by atoms with Gasteiger partial charge in [-0.25, -0.2) is 9.37 Å². The van der Waals surface area contributed by atoms with Gasteiger partial charge < -0.3 is 24.1 Å². The van der Waals surface area contributed by atoms with Crippen molar-refractivity contribution < 1.29 is 38.1 Å². The molecule has 1 aromatic rings. The molecule has 2 saturated heterocycles. The van der Waals surface area contributed by atoms with E-state index in [2.05, 4.69) is 4.98 Å². The predicted octanol–water partition coefficient (Wildman–Crippen LogP) is 5.25. The van der Waals surface area contributed by atoms with Gasteiger partial charge in [-0.2, -0.15) is 0 Å². The minimum absolute atomic E-state index is 0.1000. The zero-order valence-corrected chi connectivity index (χ0v) is 24.2. The minimum atomic E-state index is -1.39. The Kier molecular flexibility index (Phi) is 9.94. The molecule has 0 aliphatic carbocycles. The Labute approximate surface area is 230 Å². The number of ketones is 1. The number of aliphatic hydroxyl groups is 2. The fourth-order valence-electron chi connectivity index (χ4n) is 5.27. The summed E-state index contributed by atoms with van der Waals surface area (Å²) in [6, 6.07) is 0. The number of hydrogen-bond acceptors (Lipinski definition) is 8. The van der Waals surface area contributed by atoms with Gasteiger partial charge in [-0.1, -0.05) is 38.8 Å². The number of halogens is 1. The molecule has 0 radical (unpaired) electrons. The number of epoxide rings is 1. The van der Waals surface area contributed by atoms with Gasteiger partial charge in [-0.3, -0.25) is 9.59 Å². The van der Waals surface area contributed by atoms with Gasteiger partial charge in [0.25, 0.3) is 0 Å². The van der Waals surface area contributed by atoms with Crippen molar-refractivity contribution in [2.45, 2.75) is 117 Å². The van der Waals surface area contributed by atoms with Crippen molar-refractivity contribution in [1.82, 2.24) is 4.98 Å². The molecule has 3 heterocycles. The van der Waals surface area contributed by atoms with Gasteiger partial charge in [0, 0.05) is 25.3 Å². The van der Waals surface area contributed by atoms with Gasteiger partial charge in [0.2, 0.25) is 0 Å². The second kappa shape index (κ2) is 12.4. The van der Waals surface area contributed by atoms with E-state index in [4.69, 9.17) is 13.9 Å². The number of carbonyl (C=O) groups is 2. The number of aryl methyl sites for hydroxylation is 1. The van der Waals surface area contributed by atoms with Crippen molar-refractivity contribution in [3.63, 3.8) is 0 Å². The summed E-state index contributed by atoms with van der Waals surface area (Å²) < 4.78 is 32.0. The van der Waals surface area contributed by atoms with Crippen LogP contribution in [0.5, 0.6) is 0 Å². The number of aromatic nitrogens is 1. The zero-order chi connectivity index (χ0) is 29.1. The van der Waals surface area contributed by atoms with Crippen LogP contribution in [0.4, 0.5) is 4.39 Å². The van der Waals surface area contributed by atoms with Gasteiger partial charge in [0.15, 0.2) is 12.0 Å². The number of oxazole rings is 1. The molecule has 0 aromatic carbocycles. The molecule has 0 amide bonds. The zero-order valence-electron chi connectivity index (χ0n) is 24.2. The van der Waals surface area contributed by atoms with E-state index in [-0.39, 0.29) is 29.9 Å². The molecule has 39 heavy (non-hydrogen) atoms. The Balaban J connectivity index is 1.90. The Morgan fingerprint density at radius 2 is 1.92 bits per heavy atom. The van der Waals surface area contributed by atoms with Gasteiger partial charge in [-0.05, 0) is 46.0 Å². The number of cyclic esters (lactones) is 1. The van der Waals surface area contributed by atoms with E-state index in [0.717, 1.165) is 18.1 Å². The molecule has 2 aliphatic rings. The molecule has 2 fully saturated rings. The lowest BCUT2D eigenvalue weighted by molar-refractivity contribution is -0.155. The number of allylic oxidation sites excluding steroid dienone is 2. The maximum absolute atomic E-state index is 15.4. The van der Waals surface area contributed by atoms with Gasteiger partial charge >= 0.3 is 5.97 Å². The highest BCUT2D eigenvalue weighted by molar-refractivity contribution is 5.88. The highest BCUT2D eigenvalue weighted by atomic mass is 19.1. The lowest BCUT2D eigenvalue weighted by Gasteiger charge is -2.35. The largest absolute Gasteiger partial charge is 0.455 e. The number of fused-ring (bicyclic) bond motifs is 1. The molecule has 0 spiro atoms. The first kappa shape index (κ1) is 31.2. The van der Waals surface area contributed by atoms with E-state index in [1.165, 1.54) is 6.26 Å². The lowest BCUT2D eigenvalue weighted by Crippen LogP contribution is -2.46. The summed E-state index contributed by atoms with van der Waals surface area (Å²) in [6.07, 6.45) is 2.52. The summed E-state index contributed by atoms with van der Waals surface area (Å²) >= 11 is 0. The van der Waals surface area contributed by atoms with Gasteiger partial charge in [0.05, 0.1) is 35.7 Å². The third-order valence-electron chi connectivity index (χ3n) is 8.24. The first-order valence-corrected chi connectivity index (χ1v) is 13.8. The number of Topliss-reactive ketones (excluding diaryl/α,β-unsaturated/α-hetero) is 1.